The first-order valence-corrected chi connectivity index (χ1v) is 6.25. The van der Waals surface area contributed by atoms with Gasteiger partial charge in [-0.3, -0.25) is 9.48 Å². The van der Waals surface area contributed by atoms with Crippen LogP contribution in [-0.4, -0.2) is 33.4 Å². The van der Waals surface area contributed by atoms with Gasteiger partial charge in [-0.15, -0.1) is 0 Å². The highest BCUT2D eigenvalue weighted by molar-refractivity contribution is 5.89. The van der Waals surface area contributed by atoms with Gasteiger partial charge in [0, 0.05) is 18.8 Å². The van der Waals surface area contributed by atoms with Crippen molar-refractivity contribution in [3.05, 3.63) is 12.4 Å². The molecule has 3 N–H and O–H groups in total. The fourth-order valence-electron chi connectivity index (χ4n) is 1.48. The fourth-order valence-corrected chi connectivity index (χ4v) is 1.48. The molecule has 0 fully saturated rings. The summed E-state index contributed by atoms with van der Waals surface area (Å²) in [4.78, 5) is 22.4. The van der Waals surface area contributed by atoms with Crippen LogP contribution in [0.3, 0.4) is 0 Å². The second kappa shape index (κ2) is 6.77. The van der Waals surface area contributed by atoms with Crippen LogP contribution in [0.15, 0.2) is 12.4 Å². The molecule has 0 aromatic carbocycles. The molecule has 1 aromatic rings. The van der Waals surface area contributed by atoms with Crippen molar-refractivity contribution in [1.82, 2.24) is 15.1 Å². The predicted octanol–water partition coefficient (Wildman–Crippen LogP) is 1.70. The Labute approximate surface area is 112 Å². The SMILES string of the molecule is CCC(CNC(=O)Nc1cnn(C(C)C)c1)C(=O)O. The maximum atomic E-state index is 11.6. The lowest BCUT2D eigenvalue weighted by Gasteiger charge is -2.11. The van der Waals surface area contributed by atoms with E-state index in [1.807, 2.05) is 13.8 Å². The molecule has 0 aliphatic rings. The number of carbonyl (C=O) groups is 2. The quantitative estimate of drug-likeness (QED) is 0.731. The van der Waals surface area contributed by atoms with E-state index in [1.54, 1.807) is 24.0 Å². The molecule has 1 aromatic heterocycles. The zero-order valence-electron chi connectivity index (χ0n) is 11.4. The number of carbonyl (C=O) groups excluding carboxylic acids is 1. The van der Waals surface area contributed by atoms with E-state index in [4.69, 9.17) is 5.11 Å². The van der Waals surface area contributed by atoms with Gasteiger partial charge in [0.2, 0.25) is 0 Å². The van der Waals surface area contributed by atoms with E-state index in [0.29, 0.717) is 12.1 Å². The summed E-state index contributed by atoms with van der Waals surface area (Å²) in [5.74, 6) is -1.47. The monoisotopic (exact) mass is 268 g/mol. The highest BCUT2D eigenvalue weighted by Crippen LogP contribution is 2.09. The second-order valence-corrected chi connectivity index (χ2v) is 4.58. The molecule has 0 bridgehead atoms. The molecule has 1 unspecified atom stereocenters. The number of aliphatic carboxylic acids is 1. The summed E-state index contributed by atoms with van der Waals surface area (Å²) < 4.78 is 1.72. The lowest BCUT2D eigenvalue weighted by molar-refractivity contribution is -0.141. The lowest BCUT2D eigenvalue weighted by atomic mass is 10.1. The largest absolute Gasteiger partial charge is 0.481 e. The number of rotatable bonds is 6. The Bertz CT molecular complexity index is 442. The summed E-state index contributed by atoms with van der Waals surface area (Å²) in [6.07, 6.45) is 3.74. The van der Waals surface area contributed by atoms with Crippen molar-refractivity contribution in [3.63, 3.8) is 0 Å². The number of aromatic nitrogens is 2. The first-order chi connectivity index (χ1) is 8.93. The van der Waals surface area contributed by atoms with Crippen molar-refractivity contribution >= 4 is 17.7 Å². The van der Waals surface area contributed by atoms with Gasteiger partial charge >= 0.3 is 12.0 Å². The van der Waals surface area contributed by atoms with E-state index in [-0.39, 0.29) is 12.6 Å². The summed E-state index contributed by atoms with van der Waals surface area (Å²) in [5, 5.41) is 18.1. The summed E-state index contributed by atoms with van der Waals surface area (Å²) in [5.41, 5.74) is 0.578. The van der Waals surface area contributed by atoms with Gasteiger partial charge in [-0.05, 0) is 20.3 Å². The Morgan fingerprint density at radius 2 is 2.16 bits per heavy atom. The number of hydrogen-bond acceptors (Lipinski definition) is 3. The van der Waals surface area contributed by atoms with Crippen molar-refractivity contribution in [2.45, 2.75) is 33.2 Å². The summed E-state index contributed by atoms with van der Waals surface area (Å²) in [6, 6.07) is -0.210. The van der Waals surface area contributed by atoms with Gasteiger partial charge in [-0.2, -0.15) is 5.10 Å². The van der Waals surface area contributed by atoms with Crippen molar-refractivity contribution < 1.29 is 14.7 Å². The van der Waals surface area contributed by atoms with Gasteiger partial charge < -0.3 is 15.7 Å². The van der Waals surface area contributed by atoms with Crippen LogP contribution in [-0.2, 0) is 4.79 Å². The van der Waals surface area contributed by atoms with Crippen molar-refractivity contribution in [2.24, 2.45) is 5.92 Å². The molecule has 7 nitrogen and oxygen atoms in total. The van der Waals surface area contributed by atoms with E-state index in [1.165, 1.54) is 0 Å². The van der Waals surface area contributed by atoms with Gasteiger partial charge in [0.1, 0.15) is 0 Å². The van der Waals surface area contributed by atoms with Crippen LogP contribution in [0.2, 0.25) is 0 Å². The minimum absolute atomic E-state index is 0.107. The molecule has 7 heteroatoms. The maximum Gasteiger partial charge on any atom is 0.319 e. The smallest absolute Gasteiger partial charge is 0.319 e. The molecule has 0 aliphatic carbocycles. The number of carboxylic acids is 1. The number of hydrogen-bond donors (Lipinski definition) is 3. The molecule has 106 valence electrons. The molecular formula is C12H20N4O3. The average molecular weight is 268 g/mol. The molecule has 1 atom stereocenters. The first kappa shape index (κ1) is 15.0. The third-order valence-electron chi connectivity index (χ3n) is 2.74. The average Bonchev–Trinajstić information content (AvgIpc) is 2.78. The van der Waals surface area contributed by atoms with Crippen LogP contribution < -0.4 is 10.6 Å². The molecule has 19 heavy (non-hydrogen) atoms. The molecule has 0 spiro atoms. The Kier molecular flexibility index (Phi) is 5.35. The van der Waals surface area contributed by atoms with Gasteiger partial charge in [0.15, 0.2) is 0 Å². The zero-order chi connectivity index (χ0) is 14.4. The Hall–Kier alpha value is -2.05. The molecule has 0 aliphatic heterocycles. The van der Waals surface area contributed by atoms with Crippen LogP contribution in [0.25, 0.3) is 0 Å². The van der Waals surface area contributed by atoms with Crippen LogP contribution in [0.5, 0.6) is 0 Å². The number of amides is 2. The van der Waals surface area contributed by atoms with Crippen LogP contribution >= 0.6 is 0 Å². The highest BCUT2D eigenvalue weighted by atomic mass is 16.4. The second-order valence-electron chi connectivity index (χ2n) is 4.58. The minimum atomic E-state index is -0.907. The zero-order valence-corrected chi connectivity index (χ0v) is 11.4. The van der Waals surface area contributed by atoms with E-state index in [2.05, 4.69) is 15.7 Å². The van der Waals surface area contributed by atoms with Crippen molar-refractivity contribution in [3.8, 4) is 0 Å². The molecule has 1 heterocycles. The molecule has 0 saturated heterocycles. The Balaban J connectivity index is 2.44. The number of nitrogens with one attached hydrogen (secondary N) is 2. The van der Waals surface area contributed by atoms with Crippen molar-refractivity contribution in [2.75, 3.05) is 11.9 Å². The summed E-state index contributed by atoms with van der Waals surface area (Å²) >= 11 is 0. The van der Waals surface area contributed by atoms with Gasteiger partial charge in [0.05, 0.1) is 17.8 Å². The van der Waals surface area contributed by atoms with Gasteiger partial charge in [0.25, 0.3) is 0 Å². The Morgan fingerprint density at radius 3 is 2.63 bits per heavy atom. The van der Waals surface area contributed by atoms with Crippen LogP contribution in [0, 0.1) is 5.92 Å². The van der Waals surface area contributed by atoms with Crippen LogP contribution in [0.1, 0.15) is 33.2 Å². The number of nitrogens with zero attached hydrogens (tertiary/aromatic N) is 2. The van der Waals surface area contributed by atoms with Crippen LogP contribution in [0.4, 0.5) is 10.5 Å². The third-order valence-corrected chi connectivity index (χ3v) is 2.74. The van der Waals surface area contributed by atoms with Gasteiger partial charge in [-0.25, -0.2) is 4.79 Å². The van der Waals surface area contributed by atoms with E-state index in [9.17, 15) is 9.59 Å². The van der Waals surface area contributed by atoms with Crippen molar-refractivity contribution in [1.29, 1.82) is 0 Å². The molecule has 0 radical (unpaired) electrons. The summed E-state index contributed by atoms with van der Waals surface area (Å²) in [6.45, 7) is 5.84. The van der Waals surface area contributed by atoms with E-state index in [0.717, 1.165) is 0 Å². The standard InChI is InChI=1S/C12H20N4O3/c1-4-9(11(17)18)5-13-12(19)15-10-6-14-16(7-10)8(2)3/h6-9H,4-5H2,1-3H3,(H,17,18)(H2,13,15,19). The highest BCUT2D eigenvalue weighted by Gasteiger charge is 2.16. The summed E-state index contributed by atoms with van der Waals surface area (Å²) in [7, 11) is 0. The lowest BCUT2D eigenvalue weighted by Crippen LogP contribution is -2.35. The fraction of sp³-hybridized carbons (Fsp3) is 0.583. The van der Waals surface area contributed by atoms with Gasteiger partial charge in [-0.1, -0.05) is 6.92 Å². The molecular weight excluding hydrogens is 248 g/mol. The normalized spacial score (nSPS) is 12.2. The molecule has 2 amide bonds. The van der Waals surface area contributed by atoms with E-state index < -0.39 is 17.9 Å². The topological polar surface area (TPSA) is 96.3 Å². The number of carboxylic acid groups (broad SMARTS) is 1. The minimum Gasteiger partial charge on any atom is -0.481 e. The van der Waals surface area contributed by atoms with E-state index >= 15 is 0 Å². The number of anilines is 1. The maximum absolute atomic E-state index is 11.6. The predicted molar refractivity (Wildman–Crippen MR) is 71.1 cm³/mol. The molecule has 0 saturated carbocycles. The third kappa shape index (κ3) is 4.61. The number of urea groups is 1. The first-order valence-electron chi connectivity index (χ1n) is 6.25. The molecule has 1 rings (SSSR count). The Morgan fingerprint density at radius 1 is 1.47 bits per heavy atom.